The maximum Gasteiger partial charge on any atom is 0.416 e. The molecule has 5 nitrogen and oxygen atoms in total. The van der Waals surface area contributed by atoms with Crippen molar-refractivity contribution in [3.63, 3.8) is 0 Å². The Morgan fingerprint density at radius 2 is 1.92 bits per heavy atom. The molecule has 0 atom stereocenters. The number of alkyl halides is 3. The first-order chi connectivity index (χ1) is 11.2. The molecule has 0 spiro atoms. The standard InChI is InChI=1S/C16H17F3N2O3/c1-21-12-6-5-11(16(17,18)19)8-10(12)9-13(21)15(24)20-7-3-2-4-14(22)23/h5-6,8-9H,2-4,7H2,1H3,(H,20,24)(H,22,23). The van der Waals surface area contributed by atoms with Gasteiger partial charge in [-0.15, -0.1) is 0 Å². The molecule has 0 aliphatic rings. The van der Waals surface area contributed by atoms with Gasteiger partial charge in [-0.2, -0.15) is 13.2 Å². The number of carbonyl (C=O) groups is 2. The molecule has 24 heavy (non-hydrogen) atoms. The minimum Gasteiger partial charge on any atom is -0.481 e. The lowest BCUT2D eigenvalue weighted by atomic mass is 10.1. The molecule has 1 aromatic heterocycles. The number of fused-ring (bicyclic) bond motifs is 1. The van der Waals surface area contributed by atoms with Crippen LogP contribution in [0.2, 0.25) is 0 Å². The zero-order valence-electron chi connectivity index (χ0n) is 13.0. The maximum absolute atomic E-state index is 12.7. The predicted molar refractivity (Wildman–Crippen MR) is 81.7 cm³/mol. The second kappa shape index (κ2) is 6.94. The topological polar surface area (TPSA) is 71.3 Å². The van der Waals surface area contributed by atoms with E-state index in [2.05, 4.69) is 5.32 Å². The Kier molecular flexibility index (Phi) is 5.16. The van der Waals surface area contributed by atoms with Crippen LogP contribution in [-0.4, -0.2) is 28.1 Å². The van der Waals surface area contributed by atoms with Crippen LogP contribution in [0.3, 0.4) is 0 Å². The molecule has 8 heteroatoms. The van der Waals surface area contributed by atoms with E-state index in [4.69, 9.17) is 5.11 Å². The number of aliphatic carboxylic acids is 1. The summed E-state index contributed by atoms with van der Waals surface area (Å²) in [5, 5.41) is 11.5. The third-order valence-corrected chi connectivity index (χ3v) is 3.71. The van der Waals surface area contributed by atoms with E-state index in [1.165, 1.54) is 16.7 Å². The fourth-order valence-corrected chi connectivity index (χ4v) is 2.44. The zero-order chi connectivity index (χ0) is 17.9. The summed E-state index contributed by atoms with van der Waals surface area (Å²) >= 11 is 0. The van der Waals surface area contributed by atoms with Crippen molar-refractivity contribution in [2.75, 3.05) is 6.54 Å². The molecule has 0 saturated carbocycles. The molecule has 0 bridgehead atoms. The Labute approximate surface area is 136 Å². The average molecular weight is 342 g/mol. The van der Waals surface area contributed by atoms with Crippen LogP contribution >= 0.6 is 0 Å². The first kappa shape index (κ1) is 17.8. The molecule has 1 amide bonds. The smallest absolute Gasteiger partial charge is 0.416 e. The van der Waals surface area contributed by atoms with E-state index >= 15 is 0 Å². The van der Waals surface area contributed by atoms with E-state index in [-0.39, 0.29) is 12.1 Å². The number of amides is 1. The fourth-order valence-electron chi connectivity index (χ4n) is 2.44. The average Bonchev–Trinajstić information content (AvgIpc) is 2.82. The summed E-state index contributed by atoms with van der Waals surface area (Å²) in [6.07, 6.45) is -3.44. The van der Waals surface area contributed by atoms with Gasteiger partial charge < -0.3 is 15.0 Å². The van der Waals surface area contributed by atoms with E-state index in [1.807, 2.05) is 0 Å². The Hall–Kier alpha value is -2.51. The number of carbonyl (C=O) groups excluding carboxylic acids is 1. The van der Waals surface area contributed by atoms with Crippen molar-refractivity contribution < 1.29 is 27.9 Å². The lowest BCUT2D eigenvalue weighted by Gasteiger charge is -2.07. The monoisotopic (exact) mass is 342 g/mol. The summed E-state index contributed by atoms with van der Waals surface area (Å²) in [4.78, 5) is 22.5. The lowest BCUT2D eigenvalue weighted by Crippen LogP contribution is -2.26. The third-order valence-electron chi connectivity index (χ3n) is 3.71. The highest BCUT2D eigenvalue weighted by molar-refractivity contribution is 5.98. The normalized spacial score (nSPS) is 11.7. The number of benzene rings is 1. The van der Waals surface area contributed by atoms with Gasteiger partial charge in [0.25, 0.3) is 5.91 Å². The molecular weight excluding hydrogens is 325 g/mol. The van der Waals surface area contributed by atoms with Crippen LogP contribution in [0.5, 0.6) is 0 Å². The van der Waals surface area contributed by atoms with Crippen molar-refractivity contribution in [1.82, 2.24) is 9.88 Å². The van der Waals surface area contributed by atoms with Crippen molar-refractivity contribution in [3.05, 3.63) is 35.5 Å². The minimum absolute atomic E-state index is 0.0319. The highest BCUT2D eigenvalue weighted by atomic mass is 19.4. The Balaban J connectivity index is 2.10. The molecule has 0 aliphatic heterocycles. The van der Waals surface area contributed by atoms with E-state index in [1.54, 1.807) is 7.05 Å². The van der Waals surface area contributed by atoms with Gasteiger partial charge in [-0.25, -0.2) is 0 Å². The van der Waals surface area contributed by atoms with Crippen molar-refractivity contribution in [2.24, 2.45) is 7.05 Å². The molecular formula is C16H17F3N2O3. The molecule has 0 saturated heterocycles. The molecule has 2 N–H and O–H groups in total. The second-order valence-corrected chi connectivity index (χ2v) is 5.47. The summed E-state index contributed by atoms with van der Waals surface area (Å²) in [6.45, 7) is 0.307. The van der Waals surface area contributed by atoms with Crippen molar-refractivity contribution in [2.45, 2.75) is 25.4 Å². The van der Waals surface area contributed by atoms with Crippen LogP contribution in [0.1, 0.15) is 35.3 Å². The summed E-state index contributed by atoms with van der Waals surface area (Å²) in [7, 11) is 1.61. The molecule has 1 aromatic carbocycles. The second-order valence-electron chi connectivity index (χ2n) is 5.47. The Morgan fingerprint density at radius 3 is 2.54 bits per heavy atom. The zero-order valence-corrected chi connectivity index (χ0v) is 13.0. The molecule has 0 unspecified atom stereocenters. The van der Waals surface area contributed by atoms with Crippen molar-refractivity contribution >= 4 is 22.8 Å². The van der Waals surface area contributed by atoms with Gasteiger partial charge in [-0.1, -0.05) is 0 Å². The quantitative estimate of drug-likeness (QED) is 0.792. The Bertz CT molecular complexity index is 766. The van der Waals surface area contributed by atoms with Gasteiger partial charge >= 0.3 is 12.1 Å². The number of hydrogen-bond acceptors (Lipinski definition) is 2. The number of aromatic nitrogens is 1. The molecule has 130 valence electrons. The minimum atomic E-state index is -4.43. The van der Waals surface area contributed by atoms with Crippen molar-refractivity contribution in [1.29, 1.82) is 0 Å². The van der Waals surface area contributed by atoms with Crippen LogP contribution < -0.4 is 5.32 Å². The number of unbranched alkanes of at least 4 members (excludes halogenated alkanes) is 1. The number of carboxylic acids is 1. The molecule has 0 aliphatic carbocycles. The summed E-state index contributed by atoms with van der Waals surface area (Å²) < 4.78 is 39.8. The van der Waals surface area contributed by atoms with Crippen LogP contribution in [0.25, 0.3) is 10.9 Å². The number of nitrogens with one attached hydrogen (secondary N) is 1. The first-order valence-corrected chi connectivity index (χ1v) is 7.37. The van der Waals surface area contributed by atoms with E-state index in [0.29, 0.717) is 30.3 Å². The molecule has 2 aromatic rings. The van der Waals surface area contributed by atoms with Gasteiger partial charge in [0, 0.05) is 30.9 Å². The van der Waals surface area contributed by atoms with Gasteiger partial charge in [0.2, 0.25) is 0 Å². The lowest BCUT2D eigenvalue weighted by molar-refractivity contribution is -0.138. The maximum atomic E-state index is 12.7. The van der Waals surface area contributed by atoms with Crippen LogP contribution in [0.15, 0.2) is 24.3 Å². The number of hydrogen-bond donors (Lipinski definition) is 2. The summed E-state index contributed by atoms with van der Waals surface area (Å²) in [6, 6.07) is 4.74. The van der Waals surface area contributed by atoms with E-state index in [9.17, 15) is 22.8 Å². The molecule has 0 radical (unpaired) electrons. The third kappa shape index (κ3) is 4.06. The predicted octanol–water partition coefficient (Wildman–Crippen LogP) is 3.18. The number of halogens is 3. The van der Waals surface area contributed by atoms with Crippen LogP contribution in [0, 0.1) is 0 Å². The number of carboxylic acid groups (broad SMARTS) is 1. The molecule has 2 rings (SSSR count). The van der Waals surface area contributed by atoms with Crippen molar-refractivity contribution in [3.8, 4) is 0 Å². The molecule has 1 heterocycles. The van der Waals surface area contributed by atoms with Gasteiger partial charge in [0.15, 0.2) is 0 Å². The fraction of sp³-hybridized carbons (Fsp3) is 0.375. The number of rotatable bonds is 6. The van der Waals surface area contributed by atoms with Gasteiger partial charge in [0.1, 0.15) is 5.69 Å². The van der Waals surface area contributed by atoms with Gasteiger partial charge in [0.05, 0.1) is 5.56 Å². The highest BCUT2D eigenvalue weighted by Crippen LogP contribution is 2.32. The number of nitrogens with zero attached hydrogens (tertiary/aromatic N) is 1. The number of aryl methyl sites for hydroxylation is 1. The van der Waals surface area contributed by atoms with Gasteiger partial charge in [-0.3, -0.25) is 9.59 Å². The van der Waals surface area contributed by atoms with Gasteiger partial charge in [-0.05, 0) is 37.1 Å². The highest BCUT2D eigenvalue weighted by Gasteiger charge is 2.30. The van der Waals surface area contributed by atoms with Crippen LogP contribution in [-0.2, 0) is 18.0 Å². The Morgan fingerprint density at radius 1 is 1.21 bits per heavy atom. The summed E-state index contributed by atoms with van der Waals surface area (Å²) in [5.74, 6) is -1.30. The van der Waals surface area contributed by atoms with E-state index < -0.39 is 23.6 Å². The van der Waals surface area contributed by atoms with Crippen LogP contribution in [0.4, 0.5) is 13.2 Å². The van der Waals surface area contributed by atoms with E-state index in [0.717, 1.165) is 12.1 Å². The summed E-state index contributed by atoms with van der Waals surface area (Å²) in [5.41, 5.74) is 0.0165. The molecule has 0 fully saturated rings. The largest absolute Gasteiger partial charge is 0.481 e. The first-order valence-electron chi connectivity index (χ1n) is 7.37. The SMILES string of the molecule is Cn1c(C(=O)NCCCCC(=O)O)cc2cc(C(F)(F)F)ccc21.